The minimum Gasteiger partial charge on any atom is -0.375 e. The number of nitrogens with one attached hydrogen (secondary N) is 1. The van der Waals surface area contributed by atoms with Gasteiger partial charge in [0.15, 0.2) is 0 Å². The molecule has 1 unspecified atom stereocenters. The van der Waals surface area contributed by atoms with Gasteiger partial charge in [-0.15, -0.1) is 0 Å². The van der Waals surface area contributed by atoms with Crippen LogP contribution in [0.5, 0.6) is 0 Å². The van der Waals surface area contributed by atoms with Crippen molar-refractivity contribution in [1.82, 2.24) is 5.32 Å². The Kier molecular flexibility index (Phi) is 2.58. The maximum absolute atomic E-state index is 11.3. The van der Waals surface area contributed by atoms with Crippen LogP contribution in [-0.2, 0) is 19.6 Å². The van der Waals surface area contributed by atoms with Gasteiger partial charge < -0.3 is 4.74 Å². The summed E-state index contributed by atoms with van der Waals surface area (Å²) in [5.41, 5.74) is 0.407. The van der Waals surface area contributed by atoms with Crippen molar-refractivity contribution in [3.05, 3.63) is 23.9 Å². The third kappa shape index (κ3) is 2.59. The van der Waals surface area contributed by atoms with E-state index in [-0.39, 0.29) is 11.4 Å². The first-order valence-electron chi connectivity index (χ1n) is 4.57. The molecule has 2 aliphatic rings. The van der Waals surface area contributed by atoms with Crippen LogP contribution in [0.3, 0.4) is 0 Å². The van der Waals surface area contributed by atoms with Crippen molar-refractivity contribution in [1.29, 1.82) is 0 Å². The monoisotopic (exact) mass is 256 g/mol. The van der Waals surface area contributed by atoms with Gasteiger partial charge in [-0.05, 0) is 12.2 Å². The van der Waals surface area contributed by atoms with E-state index in [1.54, 1.807) is 0 Å². The van der Waals surface area contributed by atoms with Crippen LogP contribution in [0.1, 0.15) is 0 Å². The third-order valence-electron chi connectivity index (χ3n) is 2.06. The summed E-state index contributed by atoms with van der Waals surface area (Å²) in [7, 11) is -3.53. The Labute approximate surface area is 96.9 Å². The summed E-state index contributed by atoms with van der Waals surface area (Å²) in [5, 5.41) is 2.32. The molecule has 0 saturated carbocycles. The lowest BCUT2D eigenvalue weighted by Gasteiger charge is -2.23. The number of hydrogen-bond donors (Lipinski definition) is 1. The molecule has 90 valence electrons. The summed E-state index contributed by atoms with van der Waals surface area (Å²) < 4.78 is 29.7. The van der Waals surface area contributed by atoms with E-state index in [0.29, 0.717) is 0 Å². The van der Waals surface area contributed by atoms with Crippen molar-refractivity contribution < 1.29 is 22.7 Å². The van der Waals surface area contributed by atoms with E-state index in [1.807, 2.05) is 0 Å². The number of carbonyl (C=O) groups is 2. The Morgan fingerprint density at radius 2 is 2.12 bits per heavy atom. The average Bonchev–Trinajstić information content (AvgIpc) is 2.13. The van der Waals surface area contributed by atoms with Crippen molar-refractivity contribution in [3.8, 4) is 0 Å². The number of cyclic esters (lactones) is 2. The first kappa shape index (κ1) is 11.5. The molecule has 1 fully saturated rings. The molecule has 0 spiro atoms. The van der Waals surface area contributed by atoms with Gasteiger partial charge in [0.05, 0.1) is 12.0 Å². The Bertz CT molecular complexity index is 585. The molecule has 0 aromatic heterocycles. The minimum atomic E-state index is -3.53. The molecule has 8 heteroatoms. The van der Waals surface area contributed by atoms with E-state index >= 15 is 0 Å². The third-order valence-corrected chi connectivity index (χ3v) is 2.61. The molecule has 1 aliphatic carbocycles. The van der Waals surface area contributed by atoms with Crippen LogP contribution >= 0.6 is 0 Å². The molecule has 0 radical (unpaired) electrons. The fourth-order valence-corrected chi connectivity index (χ4v) is 1.96. The molecule has 1 amide bonds. The molecule has 7 nitrogen and oxygen atoms in total. The van der Waals surface area contributed by atoms with Gasteiger partial charge in [0.25, 0.3) is 10.0 Å². The maximum Gasteiger partial charge on any atom is 0.419 e. The van der Waals surface area contributed by atoms with E-state index in [1.165, 1.54) is 18.2 Å². The second-order valence-corrected chi connectivity index (χ2v) is 5.17. The number of sulfonamides is 1. The van der Waals surface area contributed by atoms with E-state index in [9.17, 15) is 18.0 Å². The summed E-state index contributed by atoms with van der Waals surface area (Å²) >= 11 is 0. The number of esters is 1. The van der Waals surface area contributed by atoms with Gasteiger partial charge in [-0.25, -0.2) is 13.2 Å². The van der Waals surface area contributed by atoms with E-state index < -0.39 is 28.0 Å². The standard InChI is InChI=1S/C9H8N2O5S/c1-17(14,15)11-5-2-3-6-7(4-5)10-9(13)16-8(6)12/h2-4,6H,1H3,(H,10,13)/b11-5+. The highest BCUT2D eigenvalue weighted by atomic mass is 32.2. The number of fused-ring (bicyclic) bond motifs is 1. The van der Waals surface area contributed by atoms with Crippen LogP contribution in [-0.4, -0.2) is 32.4 Å². The Morgan fingerprint density at radius 3 is 2.76 bits per heavy atom. The van der Waals surface area contributed by atoms with Gasteiger partial charge in [-0.3, -0.25) is 10.1 Å². The van der Waals surface area contributed by atoms with Crippen LogP contribution < -0.4 is 5.32 Å². The summed E-state index contributed by atoms with van der Waals surface area (Å²) in [6.45, 7) is 0. The second-order valence-electron chi connectivity index (χ2n) is 3.52. The lowest BCUT2D eigenvalue weighted by molar-refractivity contribution is -0.140. The van der Waals surface area contributed by atoms with Crippen molar-refractivity contribution in [2.24, 2.45) is 10.3 Å². The molecule has 2 rings (SSSR count). The van der Waals surface area contributed by atoms with Gasteiger partial charge in [-0.1, -0.05) is 6.08 Å². The number of nitrogens with zero attached hydrogens (tertiary/aromatic N) is 1. The Hall–Kier alpha value is -1.96. The second kappa shape index (κ2) is 3.81. The molecule has 1 saturated heterocycles. The molecule has 1 N–H and O–H groups in total. The number of carbonyl (C=O) groups excluding carboxylic acids is 2. The van der Waals surface area contributed by atoms with E-state index in [2.05, 4.69) is 14.5 Å². The Morgan fingerprint density at radius 1 is 1.41 bits per heavy atom. The molecule has 0 aromatic rings. The molecule has 1 aliphatic heterocycles. The number of rotatable bonds is 1. The van der Waals surface area contributed by atoms with Crippen LogP contribution in [0.4, 0.5) is 4.79 Å². The van der Waals surface area contributed by atoms with Crippen molar-refractivity contribution in [3.63, 3.8) is 0 Å². The largest absolute Gasteiger partial charge is 0.419 e. The number of ether oxygens (including phenoxy) is 1. The first-order valence-corrected chi connectivity index (χ1v) is 6.42. The number of allylic oxidation sites excluding steroid dienone is 2. The van der Waals surface area contributed by atoms with Gasteiger partial charge in [-0.2, -0.15) is 4.40 Å². The van der Waals surface area contributed by atoms with E-state index in [0.717, 1.165) is 6.26 Å². The SMILES string of the molecule is CS(=O)(=O)/N=C1\C=CC2C(=O)OC(=O)NC2=C1. The number of hydrogen-bond acceptors (Lipinski definition) is 5. The average molecular weight is 256 g/mol. The lowest BCUT2D eigenvalue weighted by atomic mass is 9.97. The highest BCUT2D eigenvalue weighted by Crippen LogP contribution is 2.21. The topological polar surface area (TPSA) is 102 Å². The lowest BCUT2D eigenvalue weighted by Crippen LogP contribution is -2.41. The summed E-state index contributed by atoms with van der Waals surface area (Å²) in [5.74, 6) is -1.42. The fourth-order valence-electron chi connectivity index (χ4n) is 1.46. The van der Waals surface area contributed by atoms with Crippen LogP contribution in [0.25, 0.3) is 0 Å². The van der Waals surface area contributed by atoms with Crippen LogP contribution in [0, 0.1) is 5.92 Å². The van der Waals surface area contributed by atoms with Gasteiger partial charge in [0, 0.05) is 5.70 Å². The molecular formula is C9H8N2O5S. The highest BCUT2D eigenvalue weighted by molar-refractivity contribution is 7.89. The van der Waals surface area contributed by atoms with Crippen LogP contribution in [0.15, 0.2) is 28.3 Å². The van der Waals surface area contributed by atoms with Gasteiger partial charge in [0.2, 0.25) is 0 Å². The summed E-state index contributed by atoms with van der Waals surface area (Å²) in [4.78, 5) is 22.2. The van der Waals surface area contributed by atoms with Crippen LogP contribution in [0.2, 0.25) is 0 Å². The smallest absolute Gasteiger partial charge is 0.375 e. The zero-order valence-electron chi connectivity index (χ0n) is 8.71. The molecule has 1 heterocycles. The maximum atomic E-state index is 11.3. The zero-order valence-corrected chi connectivity index (χ0v) is 9.52. The fraction of sp³-hybridized carbons (Fsp3) is 0.222. The molecule has 0 bridgehead atoms. The minimum absolute atomic E-state index is 0.147. The molecule has 0 aromatic carbocycles. The van der Waals surface area contributed by atoms with E-state index in [4.69, 9.17) is 0 Å². The van der Waals surface area contributed by atoms with Crippen molar-refractivity contribution in [2.45, 2.75) is 0 Å². The predicted octanol–water partition coefficient (Wildman–Crippen LogP) is -0.277. The highest BCUT2D eigenvalue weighted by Gasteiger charge is 2.33. The Balaban J connectivity index is 2.37. The first-order chi connectivity index (χ1) is 7.85. The summed E-state index contributed by atoms with van der Waals surface area (Å²) in [6.07, 6.45) is 4.19. The molecular weight excluding hydrogens is 248 g/mol. The van der Waals surface area contributed by atoms with Gasteiger partial charge in [0.1, 0.15) is 5.92 Å². The number of amides is 1. The van der Waals surface area contributed by atoms with Crippen molar-refractivity contribution in [2.75, 3.05) is 6.26 Å². The zero-order chi connectivity index (χ0) is 12.6. The predicted molar refractivity (Wildman–Crippen MR) is 57.6 cm³/mol. The quantitative estimate of drug-likeness (QED) is 0.513. The van der Waals surface area contributed by atoms with Gasteiger partial charge >= 0.3 is 12.1 Å². The number of alkyl carbamates (subject to hydrolysis) is 1. The molecule has 1 atom stereocenters. The summed E-state index contributed by atoms with van der Waals surface area (Å²) in [6, 6.07) is 0. The van der Waals surface area contributed by atoms with Crippen molar-refractivity contribution >= 4 is 27.8 Å². The molecule has 17 heavy (non-hydrogen) atoms. The normalized spacial score (nSPS) is 26.1.